The summed E-state index contributed by atoms with van der Waals surface area (Å²) >= 11 is 7.81. The number of benzene rings is 1. The van der Waals surface area contributed by atoms with Gasteiger partial charge in [0.05, 0.1) is 10.6 Å². The zero-order valence-corrected chi connectivity index (χ0v) is 20.2. The Hall–Kier alpha value is -1.24. The van der Waals surface area contributed by atoms with Gasteiger partial charge in [-0.2, -0.15) is 11.8 Å². The van der Waals surface area contributed by atoms with Crippen LogP contribution in [0.15, 0.2) is 24.3 Å². The van der Waals surface area contributed by atoms with Crippen molar-refractivity contribution in [2.24, 2.45) is 11.8 Å². The standard InChI is InChI=1S/C23H36ClN3O2S/c1-16(2)21(27-12-9-17(3)10-13-27)15-25-23(29)20(11-14-30-4)26-22(28)18-7-5-6-8-19(18)24/h5-8,16-17,20-21H,9-15H2,1-4H3,(H,25,29)(H,26,28)/t20-,21-/m1/s1. The van der Waals surface area contributed by atoms with Gasteiger partial charge >= 0.3 is 0 Å². The molecule has 1 aromatic carbocycles. The lowest BCUT2D eigenvalue weighted by Gasteiger charge is -2.39. The molecule has 5 nitrogen and oxygen atoms in total. The van der Waals surface area contributed by atoms with Gasteiger partial charge in [-0.15, -0.1) is 0 Å². The molecule has 1 aliphatic rings. The van der Waals surface area contributed by atoms with Gasteiger partial charge < -0.3 is 10.6 Å². The molecular formula is C23H36ClN3O2S. The molecule has 2 rings (SSSR count). The maximum absolute atomic E-state index is 13.0. The first-order valence-corrected chi connectivity index (χ1v) is 12.7. The zero-order chi connectivity index (χ0) is 22.1. The van der Waals surface area contributed by atoms with Gasteiger partial charge in [0.25, 0.3) is 5.91 Å². The minimum atomic E-state index is -0.574. The minimum absolute atomic E-state index is 0.125. The van der Waals surface area contributed by atoms with Crippen molar-refractivity contribution in [3.8, 4) is 0 Å². The maximum atomic E-state index is 13.0. The third-order valence-corrected chi connectivity index (χ3v) is 6.87. The highest BCUT2D eigenvalue weighted by Crippen LogP contribution is 2.21. The fraction of sp³-hybridized carbons (Fsp3) is 0.652. The van der Waals surface area contributed by atoms with Crippen LogP contribution in [-0.2, 0) is 4.79 Å². The number of hydrogen-bond acceptors (Lipinski definition) is 4. The summed E-state index contributed by atoms with van der Waals surface area (Å²) in [5, 5.41) is 6.39. The van der Waals surface area contributed by atoms with E-state index in [1.54, 1.807) is 36.0 Å². The maximum Gasteiger partial charge on any atom is 0.253 e. The van der Waals surface area contributed by atoms with Gasteiger partial charge in [-0.25, -0.2) is 0 Å². The Morgan fingerprint density at radius 1 is 1.23 bits per heavy atom. The van der Waals surface area contributed by atoms with Gasteiger partial charge in [0.15, 0.2) is 0 Å². The second-order valence-corrected chi connectivity index (χ2v) is 9.96. The van der Waals surface area contributed by atoms with Gasteiger partial charge in [-0.05, 0) is 68.3 Å². The van der Waals surface area contributed by atoms with E-state index in [1.165, 1.54) is 12.8 Å². The molecule has 0 aromatic heterocycles. The number of amides is 2. The van der Waals surface area contributed by atoms with Crippen LogP contribution in [0.5, 0.6) is 0 Å². The van der Waals surface area contributed by atoms with E-state index in [1.807, 2.05) is 6.26 Å². The topological polar surface area (TPSA) is 61.4 Å². The molecule has 1 saturated heterocycles. The summed E-state index contributed by atoms with van der Waals surface area (Å²) in [5.74, 6) is 1.58. The fourth-order valence-electron chi connectivity index (χ4n) is 3.86. The van der Waals surface area contributed by atoms with E-state index in [2.05, 4.69) is 36.3 Å². The molecule has 2 atom stereocenters. The third kappa shape index (κ3) is 7.47. The van der Waals surface area contributed by atoms with E-state index in [-0.39, 0.29) is 11.8 Å². The van der Waals surface area contributed by atoms with Crippen LogP contribution in [-0.4, -0.2) is 60.4 Å². The smallest absolute Gasteiger partial charge is 0.253 e. The van der Waals surface area contributed by atoms with Crippen LogP contribution in [0.3, 0.4) is 0 Å². The number of rotatable bonds is 10. The Morgan fingerprint density at radius 2 is 1.90 bits per heavy atom. The molecule has 30 heavy (non-hydrogen) atoms. The van der Waals surface area contributed by atoms with Crippen molar-refractivity contribution in [3.05, 3.63) is 34.9 Å². The van der Waals surface area contributed by atoms with Crippen molar-refractivity contribution >= 4 is 35.2 Å². The van der Waals surface area contributed by atoms with Crippen LogP contribution in [0.25, 0.3) is 0 Å². The molecule has 0 spiro atoms. The molecule has 1 heterocycles. The van der Waals surface area contributed by atoms with Crippen molar-refractivity contribution in [3.63, 3.8) is 0 Å². The highest BCUT2D eigenvalue weighted by molar-refractivity contribution is 7.98. The number of nitrogens with zero attached hydrogens (tertiary/aromatic N) is 1. The normalized spacial score (nSPS) is 17.5. The number of thioether (sulfide) groups is 1. The van der Waals surface area contributed by atoms with Crippen molar-refractivity contribution in [1.82, 2.24) is 15.5 Å². The van der Waals surface area contributed by atoms with E-state index >= 15 is 0 Å². The van der Waals surface area contributed by atoms with E-state index in [4.69, 9.17) is 11.6 Å². The van der Waals surface area contributed by atoms with Crippen molar-refractivity contribution in [2.75, 3.05) is 31.6 Å². The predicted molar refractivity (Wildman–Crippen MR) is 127 cm³/mol. The van der Waals surface area contributed by atoms with Gasteiger partial charge in [0.2, 0.25) is 5.91 Å². The number of hydrogen-bond donors (Lipinski definition) is 2. The molecule has 0 bridgehead atoms. The first kappa shape index (κ1) is 25.0. The van der Waals surface area contributed by atoms with Crippen LogP contribution >= 0.6 is 23.4 Å². The molecule has 0 aliphatic carbocycles. The number of nitrogens with one attached hydrogen (secondary N) is 2. The summed E-state index contributed by atoms with van der Waals surface area (Å²) in [4.78, 5) is 28.2. The number of likely N-dealkylation sites (tertiary alicyclic amines) is 1. The third-order valence-electron chi connectivity index (χ3n) is 5.89. The van der Waals surface area contributed by atoms with Crippen molar-refractivity contribution in [2.45, 2.75) is 52.1 Å². The van der Waals surface area contributed by atoms with E-state index in [9.17, 15) is 9.59 Å². The zero-order valence-electron chi connectivity index (χ0n) is 18.6. The molecule has 0 radical (unpaired) electrons. The second-order valence-electron chi connectivity index (χ2n) is 8.56. The summed E-state index contributed by atoms with van der Waals surface area (Å²) in [6.45, 7) is 9.49. The van der Waals surface area contributed by atoms with Crippen LogP contribution in [0.4, 0.5) is 0 Å². The Kier molecular flexibility index (Phi) is 10.5. The second kappa shape index (κ2) is 12.6. The number of piperidine rings is 1. The molecular weight excluding hydrogens is 418 g/mol. The first-order chi connectivity index (χ1) is 14.3. The van der Waals surface area contributed by atoms with Gasteiger partial charge in [-0.3, -0.25) is 14.5 Å². The SMILES string of the molecule is CSCC[C@@H](NC(=O)c1ccccc1Cl)C(=O)NC[C@H](C(C)C)N1CCC(C)CC1. The minimum Gasteiger partial charge on any atom is -0.353 e. The molecule has 0 saturated carbocycles. The highest BCUT2D eigenvalue weighted by Gasteiger charge is 2.28. The average molecular weight is 454 g/mol. The van der Waals surface area contributed by atoms with Crippen molar-refractivity contribution < 1.29 is 9.59 Å². The van der Waals surface area contributed by atoms with Gasteiger partial charge in [0.1, 0.15) is 6.04 Å². The highest BCUT2D eigenvalue weighted by atomic mass is 35.5. The van der Waals surface area contributed by atoms with Crippen LogP contribution < -0.4 is 10.6 Å². The molecule has 2 N–H and O–H groups in total. The Balaban J connectivity index is 1.99. The van der Waals surface area contributed by atoms with Gasteiger partial charge in [0, 0.05) is 12.6 Å². The molecule has 0 unspecified atom stereocenters. The van der Waals surface area contributed by atoms with Crippen LogP contribution in [0, 0.1) is 11.8 Å². The van der Waals surface area contributed by atoms with E-state index < -0.39 is 6.04 Å². The lowest BCUT2D eigenvalue weighted by atomic mass is 9.94. The Bertz CT molecular complexity index is 693. The predicted octanol–water partition coefficient (Wildman–Crippen LogP) is 4.06. The molecule has 7 heteroatoms. The molecule has 1 aliphatic heterocycles. The van der Waals surface area contributed by atoms with Crippen molar-refractivity contribution in [1.29, 1.82) is 0 Å². The number of carbonyl (C=O) groups excluding carboxylic acids is 2. The molecule has 1 aromatic rings. The lowest BCUT2D eigenvalue weighted by molar-refractivity contribution is -0.123. The molecule has 168 valence electrons. The van der Waals surface area contributed by atoms with Crippen LogP contribution in [0.1, 0.15) is 50.4 Å². The molecule has 2 amide bonds. The lowest BCUT2D eigenvalue weighted by Crippen LogP contribution is -2.53. The van der Waals surface area contributed by atoms with Crippen LogP contribution in [0.2, 0.25) is 5.02 Å². The Morgan fingerprint density at radius 3 is 2.50 bits per heavy atom. The largest absolute Gasteiger partial charge is 0.353 e. The summed E-state index contributed by atoms with van der Waals surface area (Å²) in [5.41, 5.74) is 0.392. The summed E-state index contributed by atoms with van der Waals surface area (Å²) in [6.07, 6.45) is 5.00. The van der Waals surface area contributed by atoms with E-state index in [0.717, 1.165) is 24.8 Å². The monoisotopic (exact) mass is 453 g/mol. The number of halogens is 1. The summed E-state index contributed by atoms with van der Waals surface area (Å²) in [7, 11) is 0. The van der Waals surface area contributed by atoms with E-state index in [0.29, 0.717) is 35.5 Å². The Labute approximate surface area is 190 Å². The average Bonchev–Trinajstić information content (AvgIpc) is 2.72. The number of carbonyl (C=O) groups is 2. The van der Waals surface area contributed by atoms with Gasteiger partial charge in [-0.1, -0.05) is 44.5 Å². The molecule has 1 fully saturated rings. The summed E-state index contributed by atoms with van der Waals surface area (Å²) < 4.78 is 0. The fourth-order valence-corrected chi connectivity index (χ4v) is 4.55. The quantitative estimate of drug-likeness (QED) is 0.560. The first-order valence-electron chi connectivity index (χ1n) is 10.9. The summed E-state index contributed by atoms with van der Waals surface area (Å²) in [6, 6.07) is 6.64.